The van der Waals surface area contributed by atoms with E-state index in [1.54, 1.807) is 0 Å². The van der Waals surface area contributed by atoms with Gasteiger partial charge in [0.15, 0.2) is 5.52 Å². The molecule has 4 aromatic rings. The Hall–Kier alpha value is -2.92. The average Bonchev–Trinajstić information content (AvgIpc) is 2.95. The minimum Gasteiger partial charge on any atom is -0.425 e. The van der Waals surface area contributed by atoms with Crippen LogP contribution in [0, 0.1) is 0 Å². The molecule has 0 saturated heterocycles. The van der Waals surface area contributed by atoms with Crippen LogP contribution < -0.4 is 5.63 Å². The van der Waals surface area contributed by atoms with Crippen molar-refractivity contribution in [2.24, 2.45) is 0 Å². The number of imidazole rings is 1. The average molecular weight is 319 g/mol. The van der Waals surface area contributed by atoms with Crippen LogP contribution in [0.2, 0.25) is 0 Å². The van der Waals surface area contributed by atoms with Crippen LogP contribution >= 0.6 is 0 Å². The minimum atomic E-state index is -0.390. The van der Waals surface area contributed by atoms with E-state index in [2.05, 4.69) is 22.0 Å². The second kappa shape index (κ2) is 5.94. The number of pyridine rings is 1. The molecule has 0 aliphatic rings. The first-order valence-corrected chi connectivity index (χ1v) is 7.83. The van der Waals surface area contributed by atoms with Gasteiger partial charge in [-0.05, 0) is 24.7 Å². The van der Waals surface area contributed by atoms with Crippen molar-refractivity contribution >= 4 is 16.7 Å². The van der Waals surface area contributed by atoms with Gasteiger partial charge < -0.3 is 4.42 Å². The Kier molecular flexibility index (Phi) is 3.63. The van der Waals surface area contributed by atoms with Crippen molar-refractivity contribution in [2.45, 2.75) is 13.1 Å². The Bertz CT molecular complexity index is 1050. The fraction of sp³-hybridized carbons (Fsp3) is 0.158. The summed E-state index contributed by atoms with van der Waals surface area (Å²) in [5.74, 6) is 0.636. The lowest BCUT2D eigenvalue weighted by molar-refractivity contribution is 0.281. The van der Waals surface area contributed by atoms with E-state index >= 15 is 0 Å². The van der Waals surface area contributed by atoms with Gasteiger partial charge in [-0.15, -0.1) is 0 Å². The van der Waals surface area contributed by atoms with Crippen molar-refractivity contribution < 1.29 is 4.42 Å². The van der Waals surface area contributed by atoms with Gasteiger partial charge in [-0.25, -0.2) is 9.78 Å². The Morgan fingerprint density at radius 2 is 1.88 bits per heavy atom. The molecule has 0 spiro atoms. The van der Waals surface area contributed by atoms with E-state index in [9.17, 15) is 4.79 Å². The second-order valence-corrected chi connectivity index (χ2v) is 5.93. The molecule has 1 aromatic carbocycles. The van der Waals surface area contributed by atoms with Gasteiger partial charge in [0.05, 0.1) is 12.1 Å². The first-order chi connectivity index (χ1) is 11.7. The van der Waals surface area contributed by atoms with Crippen molar-refractivity contribution in [2.75, 3.05) is 7.05 Å². The quantitative estimate of drug-likeness (QED) is 0.580. The van der Waals surface area contributed by atoms with E-state index in [0.29, 0.717) is 17.8 Å². The largest absolute Gasteiger partial charge is 0.425 e. The summed E-state index contributed by atoms with van der Waals surface area (Å²) >= 11 is 0. The highest BCUT2D eigenvalue weighted by Gasteiger charge is 2.12. The van der Waals surface area contributed by atoms with Gasteiger partial charge in [0, 0.05) is 18.8 Å². The summed E-state index contributed by atoms with van der Waals surface area (Å²) in [5.41, 5.74) is 2.73. The lowest BCUT2D eigenvalue weighted by Crippen LogP contribution is -2.18. The Morgan fingerprint density at radius 3 is 2.71 bits per heavy atom. The van der Waals surface area contributed by atoms with Gasteiger partial charge in [0.25, 0.3) is 0 Å². The molecule has 0 aliphatic heterocycles. The van der Waals surface area contributed by atoms with E-state index in [-0.39, 0.29) is 5.63 Å². The molecule has 0 radical (unpaired) electrons. The summed E-state index contributed by atoms with van der Waals surface area (Å²) in [6.07, 6.45) is 1.90. The summed E-state index contributed by atoms with van der Waals surface area (Å²) < 4.78 is 7.37. The molecule has 0 saturated carbocycles. The Balaban J connectivity index is 1.67. The molecule has 0 amide bonds. The van der Waals surface area contributed by atoms with Gasteiger partial charge in [-0.2, -0.15) is 0 Å². The van der Waals surface area contributed by atoms with Crippen LogP contribution in [0.3, 0.4) is 0 Å². The van der Waals surface area contributed by atoms with Crippen LogP contribution in [0.15, 0.2) is 70.0 Å². The van der Waals surface area contributed by atoms with Crippen LogP contribution in [0.4, 0.5) is 0 Å². The highest BCUT2D eigenvalue weighted by atomic mass is 16.4. The van der Waals surface area contributed by atoms with Crippen LogP contribution in [-0.4, -0.2) is 21.3 Å². The standard InChI is InChI=1S/C19H17N3O2/c1-21(12-14-7-3-2-4-8-14)13-15-11-16-18(19(23)24-15)20-17-9-5-6-10-22(16)17/h2-11H,12-13H2,1H3. The molecular weight excluding hydrogens is 302 g/mol. The Morgan fingerprint density at radius 1 is 1.08 bits per heavy atom. The van der Waals surface area contributed by atoms with Crippen molar-refractivity contribution in [1.82, 2.24) is 14.3 Å². The number of rotatable bonds is 4. The highest BCUT2D eigenvalue weighted by molar-refractivity contribution is 5.79. The monoisotopic (exact) mass is 319 g/mol. The molecule has 3 heterocycles. The molecule has 4 rings (SSSR count). The third-order valence-corrected chi connectivity index (χ3v) is 4.00. The lowest BCUT2D eigenvalue weighted by Gasteiger charge is -2.15. The van der Waals surface area contributed by atoms with E-state index < -0.39 is 0 Å². The fourth-order valence-electron chi connectivity index (χ4n) is 2.95. The predicted octanol–water partition coefficient (Wildman–Crippen LogP) is 3.07. The van der Waals surface area contributed by atoms with Crippen LogP contribution in [0.1, 0.15) is 11.3 Å². The van der Waals surface area contributed by atoms with E-state index in [1.165, 1.54) is 5.56 Å². The number of benzene rings is 1. The predicted molar refractivity (Wildman–Crippen MR) is 92.8 cm³/mol. The van der Waals surface area contributed by atoms with Gasteiger partial charge in [0.2, 0.25) is 0 Å². The Labute approximate surface area is 138 Å². The van der Waals surface area contributed by atoms with Crippen molar-refractivity contribution in [3.8, 4) is 0 Å². The maximum absolute atomic E-state index is 12.2. The molecule has 0 aliphatic carbocycles. The van der Waals surface area contributed by atoms with Gasteiger partial charge in [0.1, 0.15) is 11.4 Å². The van der Waals surface area contributed by atoms with Crippen molar-refractivity contribution in [3.05, 3.63) is 82.5 Å². The number of aromatic nitrogens is 2. The summed E-state index contributed by atoms with van der Waals surface area (Å²) in [7, 11) is 2.01. The lowest BCUT2D eigenvalue weighted by atomic mass is 10.2. The molecule has 0 unspecified atom stereocenters. The summed E-state index contributed by atoms with van der Waals surface area (Å²) in [6, 6.07) is 17.8. The molecule has 120 valence electrons. The third-order valence-electron chi connectivity index (χ3n) is 4.00. The van der Waals surface area contributed by atoms with Crippen molar-refractivity contribution in [3.63, 3.8) is 0 Å². The topological polar surface area (TPSA) is 50.8 Å². The third kappa shape index (κ3) is 2.70. The van der Waals surface area contributed by atoms with E-state index in [4.69, 9.17) is 4.42 Å². The first-order valence-electron chi connectivity index (χ1n) is 7.83. The van der Waals surface area contributed by atoms with E-state index in [0.717, 1.165) is 17.7 Å². The van der Waals surface area contributed by atoms with Gasteiger partial charge in [-0.1, -0.05) is 36.4 Å². The van der Waals surface area contributed by atoms with Gasteiger partial charge in [-0.3, -0.25) is 9.30 Å². The summed E-state index contributed by atoms with van der Waals surface area (Å²) in [5, 5.41) is 0. The number of nitrogens with zero attached hydrogens (tertiary/aromatic N) is 3. The number of hydrogen-bond donors (Lipinski definition) is 0. The number of hydrogen-bond acceptors (Lipinski definition) is 4. The molecule has 24 heavy (non-hydrogen) atoms. The summed E-state index contributed by atoms with van der Waals surface area (Å²) in [4.78, 5) is 18.7. The molecule has 5 heteroatoms. The fourth-order valence-corrected chi connectivity index (χ4v) is 2.95. The molecule has 5 nitrogen and oxygen atoms in total. The second-order valence-electron chi connectivity index (χ2n) is 5.93. The molecular formula is C19H17N3O2. The zero-order valence-corrected chi connectivity index (χ0v) is 13.3. The smallest absolute Gasteiger partial charge is 0.364 e. The van der Waals surface area contributed by atoms with Gasteiger partial charge >= 0.3 is 5.63 Å². The highest BCUT2D eigenvalue weighted by Crippen LogP contribution is 2.16. The zero-order valence-electron chi connectivity index (χ0n) is 13.3. The molecule has 0 N–H and O–H groups in total. The molecule has 0 bridgehead atoms. The number of fused-ring (bicyclic) bond motifs is 3. The van der Waals surface area contributed by atoms with Crippen LogP contribution in [-0.2, 0) is 13.1 Å². The van der Waals surface area contributed by atoms with E-state index in [1.807, 2.05) is 60.1 Å². The zero-order chi connectivity index (χ0) is 16.5. The first kappa shape index (κ1) is 14.7. The van der Waals surface area contributed by atoms with Crippen LogP contribution in [0.25, 0.3) is 16.7 Å². The minimum absolute atomic E-state index is 0.371. The normalized spacial score (nSPS) is 11.6. The summed E-state index contributed by atoms with van der Waals surface area (Å²) in [6.45, 7) is 1.34. The molecule has 0 fully saturated rings. The SMILES string of the molecule is CN(Cc1ccccc1)Cc1cc2c(nc3ccccn32)c(=O)o1. The maximum atomic E-state index is 12.2. The van der Waals surface area contributed by atoms with Crippen LogP contribution in [0.5, 0.6) is 0 Å². The molecule has 0 atom stereocenters. The maximum Gasteiger partial charge on any atom is 0.364 e. The van der Waals surface area contributed by atoms with Crippen molar-refractivity contribution in [1.29, 1.82) is 0 Å². The molecule has 3 aromatic heterocycles.